The molecule has 0 spiro atoms. The van der Waals surface area contributed by atoms with Crippen molar-refractivity contribution in [2.24, 2.45) is 0 Å². The molecule has 0 bridgehead atoms. The molecule has 0 saturated carbocycles. The summed E-state index contributed by atoms with van der Waals surface area (Å²) in [5.41, 5.74) is 5.27. The maximum atomic E-state index is 13.0. The van der Waals surface area contributed by atoms with Crippen LogP contribution in [0.3, 0.4) is 0 Å². The summed E-state index contributed by atoms with van der Waals surface area (Å²) in [5.74, 6) is -1.29. The van der Waals surface area contributed by atoms with Crippen molar-refractivity contribution in [3.05, 3.63) is 35.4 Å². The first-order valence-electron chi connectivity index (χ1n) is 3.62. The molecule has 13 heavy (non-hydrogen) atoms. The predicted molar refractivity (Wildman–Crippen MR) is 53.6 cm³/mol. The van der Waals surface area contributed by atoms with Crippen molar-refractivity contribution in [1.82, 2.24) is 0 Å². The summed E-state index contributed by atoms with van der Waals surface area (Å²) in [6.45, 7) is 0. The number of hydrogen-bond donors (Lipinski definition) is 1. The Morgan fingerprint density at radius 2 is 1.85 bits per heavy atom. The van der Waals surface area contributed by atoms with Crippen LogP contribution in [0.2, 0.25) is 0 Å². The van der Waals surface area contributed by atoms with Crippen molar-refractivity contribution in [3.8, 4) is 0 Å². The van der Waals surface area contributed by atoms with Crippen LogP contribution < -0.4 is 5.73 Å². The van der Waals surface area contributed by atoms with Crippen LogP contribution in [0.1, 0.15) is 5.56 Å². The quantitative estimate of drug-likeness (QED) is 0.632. The van der Waals surface area contributed by atoms with Gasteiger partial charge in [0.1, 0.15) is 11.6 Å². The molecule has 70 valence electrons. The highest BCUT2D eigenvalue weighted by Gasteiger charge is 2.06. The van der Waals surface area contributed by atoms with Crippen LogP contribution >= 0.6 is 15.9 Å². The molecule has 0 aromatic heterocycles. The smallest absolute Gasteiger partial charge is 0.135 e. The molecule has 1 nitrogen and oxygen atoms in total. The van der Waals surface area contributed by atoms with Crippen molar-refractivity contribution in [1.29, 1.82) is 0 Å². The Morgan fingerprint density at radius 1 is 1.31 bits per heavy atom. The lowest BCUT2D eigenvalue weighted by molar-refractivity contribution is 0.580. The van der Waals surface area contributed by atoms with Gasteiger partial charge in [0, 0.05) is 16.6 Å². The van der Waals surface area contributed by atoms with Crippen molar-refractivity contribution < 1.29 is 8.78 Å². The molecule has 1 aromatic rings. The van der Waals surface area contributed by atoms with E-state index in [1.54, 1.807) is 6.08 Å². The molecular formula is C9H8BrF2N. The van der Waals surface area contributed by atoms with Gasteiger partial charge < -0.3 is 5.73 Å². The van der Waals surface area contributed by atoms with Crippen LogP contribution in [-0.2, 0) is 0 Å². The predicted octanol–water partition coefficient (Wildman–Crippen LogP) is 2.96. The highest BCUT2D eigenvalue weighted by molar-refractivity contribution is 9.09. The second-order valence-electron chi connectivity index (χ2n) is 2.45. The highest BCUT2D eigenvalue weighted by atomic mass is 79.9. The lowest BCUT2D eigenvalue weighted by Gasteiger charge is -2.00. The van der Waals surface area contributed by atoms with Gasteiger partial charge >= 0.3 is 0 Å². The zero-order chi connectivity index (χ0) is 9.84. The third kappa shape index (κ3) is 2.52. The van der Waals surface area contributed by atoms with Gasteiger partial charge in [-0.3, -0.25) is 0 Å². The fourth-order valence-electron chi connectivity index (χ4n) is 0.926. The minimum Gasteiger partial charge on any atom is -0.399 e. The van der Waals surface area contributed by atoms with Gasteiger partial charge in [0.25, 0.3) is 0 Å². The molecule has 0 fully saturated rings. The average Bonchev–Trinajstić information content (AvgIpc) is 2.02. The Morgan fingerprint density at radius 3 is 2.31 bits per heavy atom. The highest BCUT2D eigenvalue weighted by Crippen LogP contribution is 2.18. The molecule has 4 heteroatoms. The van der Waals surface area contributed by atoms with Crippen LogP contribution in [0.15, 0.2) is 18.2 Å². The number of nitrogens with two attached hydrogens (primary N) is 1. The molecule has 0 aliphatic rings. The maximum absolute atomic E-state index is 13.0. The zero-order valence-electron chi connectivity index (χ0n) is 6.73. The Kier molecular flexibility index (Phi) is 3.42. The van der Waals surface area contributed by atoms with Crippen LogP contribution in [0.25, 0.3) is 6.08 Å². The minimum absolute atomic E-state index is 0.0614. The van der Waals surface area contributed by atoms with Gasteiger partial charge in [-0.25, -0.2) is 8.78 Å². The van der Waals surface area contributed by atoms with Crippen molar-refractivity contribution in [3.63, 3.8) is 0 Å². The van der Waals surface area contributed by atoms with E-state index in [-0.39, 0.29) is 11.3 Å². The summed E-state index contributed by atoms with van der Waals surface area (Å²) in [5, 5.41) is 0.552. The van der Waals surface area contributed by atoms with Gasteiger partial charge in [-0.1, -0.05) is 28.1 Å². The number of nitrogen functional groups attached to an aromatic ring is 1. The standard InChI is InChI=1S/C9H8BrF2N/c10-3-1-2-7-8(11)4-6(13)5-9(7)12/h1-2,4-5H,3,13H2. The number of anilines is 1. The summed E-state index contributed by atoms with van der Waals surface area (Å²) in [7, 11) is 0. The maximum Gasteiger partial charge on any atom is 0.135 e. The van der Waals surface area contributed by atoms with Crippen molar-refractivity contribution in [2.75, 3.05) is 11.1 Å². The van der Waals surface area contributed by atoms with Crippen LogP contribution in [0.5, 0.6) is 0 Å². The average molecular weight is 248 g/mol. The minimum atomic E-state index is -0.644. The first kappa shape index (κ1) is 10.2. The largest absolute Gasteiger partial charge is 0.399 e. The molecule has 0 aliphatic carbocycles. The molecule has 0 heterocycles. The van der Waals surface area contributed by atoms with Gasteiger partial charge in [0.15, 0.2) is 0 Å². The van der Waals surface area contributed by atoms with E-state index >= 15 is 0 Å². The van der Waals surface area contributed by atoms with E-state index in [4.69, 9.17) is 5.73 Å². The third-order valence-corrected chi connectivity index (χ3v) is 1.85. The Balaban J connectivity index is 3.13. The molecule has 1 rings (SSSR count). The van der Waals surface area contributed by atoms with Gasteiger partial charge in [-0.2, -0.15) is 0 Å². The molecule has 2 N–H and O–H groups in total. The number of allylic oxidation sites excluding steroid dienone is 1. The number of benzene rings is 1. The second-order valence-corrected chi connectivity index (χ2v) is 3.10. The number of halogens is 3. The molecule has 0 atom stereocenters. The monoisotopic (exact) mass is 247 g/mol. The Hall–Kier alpha value is -0.900. The lowest BCUT2D eigenvalue weighted by Crippen LogP contribution is -1.93. The van der Waals surface area contributed by atoms with Crippen molar-refractivity contribution >= 4 is 27.7 Å². The van der Waals surface area contributed by atoms with E-state index in [0.29, 0.717) is 5.33 Å². The number of hydrogen-bond acceptors (Lipinski definition) is 1. The van der Waals surface area contributed by atoms with E-state index in [1.807, 2.05) is 0 Å². The zero-order valence-corrected chi connectivity index (χ0v) is 8.31. The first-order valence-corrected chi connectivity index (χ1v) is 4.74. The topological polar surface area (TPSA) is 26.0 Å². The molecule has 0 amide bonds. The van der Waals surface area contributed by atoms with E-state index < -0.39 is 11.6 Å². The van der Waals surface area contributed by atoms with Crippen LogP contribution in [0.4, 0.5) is 14.5 Å². The molecular weight excluding hydrogens is 240 g/mol. The number of rotatable bonds is 2. The fourth-order valence-corrected chi connectivity index (χ4v) is 1.11. The fraction of sp³-hybridized carbons (Fsp3) is 0.111. The van der Waals surface area contributed by atoms with E-state index in [2.05, 4.69) is 15.9 Å². The lowest BCUT2D eigenvalue weighted by atomic mass is 10.1. The third-order valence-electron chi connectivity index (χ3n) is 1.47. The van der Waals surface area contributed by atoms with E-state index in [9.17, 15) is 8.78 Å². The molecule has 1 aromatic carbocycles. The van der Waals surface area contributed by atoms with Crippen LogP contribution in [-0.4, -0.2) is 5.33 Å². The summed E-state index contributed by atoms with van der Waals surface area (Å²) in [6.07, 6.45) is 2.98. The Labute approximate surface area is 83.4 Å². The SMILES string of the molecule is Nc1cc(F)c(C=CCBr)c(F)c1. The van der Waals surface area contributed by atoms with Gasteiger partial charge in [-0.05, 0) is 12.1 Å². The summed E-state index contributed by atoms with van der Waals surface area (Å²) >= 11 is 3.11. The molecule has 0 radical (unpaired) electrons. The van der Waals surface area contributed by atoms with Crippen molar-refractivity contribution in [2.45, 2.75) is 0 Å². The molecule has 0 saturated heterocycles. The van der Waals surface area contributed by atoms with E-state index in [0.717, 1.165) is 12.1 Å². The summed E-state index contributed by atoms with van der Waals surface area (Å²) in [4.78, 5) is 0. The number of alkyl halides is 1. The summed E-state index contributed by atoms with van der Waals surface area (Å²) in [6, 6.07) is 2.19. The van der Waals surface area contributed by atoms with Gasteiger partial charge in [-0.15, -0.1) is 0 Å². The second kappa shape index (κ2) is 4.37. The van der Waals surface area contributed by atoms with E-state index in [1.165, 1.54) is 6.08 Å². The van der Waals surface area contributed by atoms with Gasteiger partial charge in [0.05, 0.1) is 0 Å². The molecule has 0 aliphatic heterocycles. The normalized spacial score (nSPS) is 11.0. The summed E-state index contributed by atoms with van der Waals surface area (Å²) < 4.78 is 26.1. The van der Waals surface area contributed by atoms with Crippen LogP contribution in [0, 0.1) is 11.6 Å². The molecule has 0 unspecified atom stereocenters. The Bertz CT molecular complexity index is 313. The van der Waals surface area contributed by atoms with Gasteiger partial charge in [0.2, 0.25) is 0 Å². The first-order chi connectivity index (χ1) is 6.15.